The number of hydrogen-bond donors (Lipinski definition) is 3. The van der Waals surface area contributed by atoms with Crippen LogP contribution >= 0.6 is 0 Å². The second kappa shape index (κ2) is 7.44. The highest BCUT2D eigenvalue weighted by Gasteiger charge is 2.39. The van der Waals surface area contributed by atoms with Crippen LogP contribution in [0.4, 0.5) is 0 Å². The highest BCUT2D eigenvalue weighted by atomic mass is 15.2. The minimum absolute atomic E-state index is 0.193. The summed E-state index contributed by atoms with van der Waals surface area (Å²) in [5, 5.41) is 11.3. The highest BCUT2D eigenvalue weighted by Crippen LogP contribution is 2.31. The summed E-state index contributed by atoms with van der Waals surface area (Å²) in [5.74, 6) is 0. The summed E-state index contributed by atoms with van der Waals surface area (Å²) in [6.45, 7) is 19.5. The van der Waals surface area contributed by atoms with Crippen LogP contribution in [0.5, 0.6) is 0 Å². The summed E-state index contributed by atoms with van der Waals surface area (Å²) in [6.07, 6.45) is 9.30. The van der Waals surface area contributed by atoms with E-state index in [2.05, 4.69) is 95.6 Å². The van der Waals surface area contributed by atoms with Gasteiger partial charge in [-0.3, -0.25) is 0 Å². The van der Waals surface area contributed by atoms with Crippen molar-refractivity contribution in [3.05, 3.63) is 12.3 Å². The molecule has 0 spiro atoms. The molecule has 26 heavy (non-hydrogen) atoms. The van der Waals surface area contributed by atoms with E-state index in [0.29, 0.717) is 12.1 Å². The first-order chi connectivity index (χ1) is 11.7. The Hall–Kier alpha value is -0.580. The van der Waals surface area contributed by atoms with E-state index in [4.69, 9.17) is 0 Å². The summed E-state index contributed by atoms with van der Waals surface area (Å²) in [5.41, 5.74) is 0.788. The van der Waals surface area contributed by atoms with Gasteiger partial charge in [0, 0.05) is 47.8 Å². The van der Waals surface area contributed by atoms with E-state index in [9.17, 15) is 0 Å². The molecule has 0 aliphatic carbocycles. The molecular weight excluding hydrogens is 320 g/mol. The molecule has 2 fully saturated rings. The lowest BCUT2D eigenvalue weighted by Crippen LogP contribution is -2.61. The fourth-order valence-electron chi connectivity index (χ4n) is 5.60. The zero-order valence-corrected chi connectivity index (χ0v) is 18.8. The van der Waals surface area contributed by atoms with Crippen LogP contribution in [0.2, 0.25) is 0 Å². The Morgan fingerprint density at radius 1 is 0.808 bits per heavy atom. The molecule has 4 nitrogen and oxygen atoms in total. The first-order valence-corrected chi connectivity index (χ1v) is 10.4. The average Bonchev–Trinajstić information content (AvgIpc) is 2.36. The number of nitrogens with one attached hydrogen (secondary N) is 3. The SMILES string of the molecule is CN(C=CCNC1CC(C)(C)NC(C)(C)C1)C1CC(C)(C)NC(C)(C)C1. The van der Waals surface area contributed by atoms with Crippen LogP contribution in [0.1, 0.15) is 81.1 Å². The predicted molar refractivity (Wildman–Crippen MR) is 114 cm³/mol. The van der Waals surface area contributed by atoms with Crippen molar-refractivity contribution < 1.29 is 0 Å². The van der Waals surface area contributed by atoms with Crippen molar-refractivity contribution in [3.8, 4) is 0 Å². The molecule has 2 heterocycles. The van der Waals surface area contributed by atoms with E-state index in [0.717, 1.165) is 6.54 Å². The molecule has 0 atom stereocenters. The minimum atomic E-state index is 0.193. The molecule has 2 aliphatic rings. The van der Waals surface area contributed by atoms with Crippen molar-refractivity contribution in [2.24, 2.45) is 0 Å². The Morgan fingerprint density at radius 3 is 1.69 bits per heavy atom. The zero-order chi connectivity index (χ0) is 19.8. The van der Waals surface area contributed by atoms with Gasteiger partial charge in [-0.25, -0.2) is 0 Å². The maximum atomic E-state index is 3.77. The molecule has 2 aliphatic heterocycles. The number of hydrogen-bond acceptors (Lipinski definition) is 4. The molecule has 0 aromatic heterocycles. The van der Waals surface area contributed by atoms with Crippen LogP contribution in [0.25, 0.3) is 0 Å². The summed E-state index contributed by atoms with van der Waals surface area (Å²) in [4.78, 5) is 2.42. The fraction of sp³-hybridized carbons (Fsp3) is 0.909. The van der Waals surface area contributed by atoms with Crippen LogP contribution in [0.15, 0.2) is 12.3 Å². The topological polar surface area (TPSA) is 39.3 Å². The second-order valence-electron chi connectivity index (χ2n) is 11.4. The van der Waals surface area contributed by atoms with Crippen molar-refractivity contribution in [1.29, 1.82) is 0 Å². The van der Waals surface area contributed by atoms with E-state index >= 15 is 0 Å². The van der Waals surface area contributed by atoms with Crippen molar-refractivity contribution >= 4 is 0 Å². The average molecular weight is 365 g/mol. The number of nitrogens with zero attached hydrogens (tertiary/aromatic N) is 1. The van der Waals surface area contributed by atoms with Gasteiger partial charge in [-0.1, -0.05) is 6.08 Å². The molecule has 0 aromatic carbocycles. The van der Waals surface area contributed by atoms with Gasteiger partial charge in [0.25, 0.3) is 0 Å². The fourth-order valence-corrected chi connectivity index (χ4v) is 5.60. The lowest BCUT2D eigenvalue weighted by atomic mass is 9.79. The van der Waals surface area contributed by atoms with Gasteiger partial charge < -0.3 is 20.9 Å². The molecule has 3 N–H and O–H groups in total. The molecule has 152 valence electrons. The number of rotatable bonds is 5. The maximum Gasteiger partial charge on any atom is 0.0315 e. The first-order valence-electron chi connectivity index (χ1n) is 10.4. The van der Waals surface area contributed by atoms with Gasteiger partial charge in [-0.05, 0) is 87.3 Å². The quantitative estimate of drug-likeness (QED) is 0.696. The summed E-state index contributed by atoms with van der Waals surface area (Å²) in [7, 11) is 2.23. The first kappa shape index (κ1) is 21.7. The van der Waals surface area contributed by atoms with E-state index in [1.165, 1.54) is 25.7 Å². The van der Waals surface area contributed by atoms with Crippen LogP contribution in [-0.2, 0) is 0 Å². The van der Waals surface area contributed by atoms with Gasteiger partial charge in [0.05, 0.1) is 0 Å². The standard InChI is InChI=1S/C22H44N4/c1-19(2)13-17(14-20(3,4)24-19)23-11-10-12-26(9)18-15-21(5,6)25-22(7,8)16-18/h10,12,17-18,23-25H,11,13-16H2,1-9H3. The van der Waals surface area contributed by atoms with Crippen molar-refractivity contribution in [1.82, 2.24) is 20.9 Å². The molecule has 0 amide bonds. The van der Waals surface area contributed by atoms with Crippen LogP contribution in [0.3, 0.4) is 0 Å². The monoisotopic (exact) mass is 364 g/mol. The van der Waals surface area contributed by atoms with E-state index in [1.54, 1.807) is 0 Å². The molecule has 0 aromatic rings. The largest absolute Gasteiger partial charge is 0.378 e. The van der Waals surface area contributed by atoms with Gasteiger partial charge in [0.1, 0.15) is 0 Å². The lowest BCUT2D eigenvalue weighted by Gasteiger charge is -2.48. The Bertz CT molecular complexity index is 472. The normalized spacial score (nSPS) is 28.3. The van der Waals surface area contributed by atoms with Gasteiger partial charge >= 0.3 is 0 Å². The summed E-state index contributed by atoms with van der Waals surface area (Å²) < 4.78 is 0. The van der Waals surface area contributed by atoms with E-state index in [-0.39, 0.29) is 22.2 Å². The third-order valence-corrected chi connectivity index (χ3v) is 5.80. The third-order valence-electron chi connectivity index (χ3n) is 5.80. The Morgan fingerprint density at radius 2 is 1.23 bits per heavy atom. The van der Waals surface area contributed by atoms with Gasteiger partial charge in [-0.15, -0.1) is 0 Å². The lowest BCUT2D eigenvalue weighted by molar-refractivity contribution is 0.105. The molecule has 0 unspecified atom stereocenters. The summed E-state index contributed by atoms with van der Waals surface area (Å²) in [6, 6.07) is 1.17. The van der Waals surface area contributed by atoms with Gasteiger partial charge in [-0.2, -0.15) is 0 Å². The molecular formula is C22H44N4. The van der Waals surface area contributed by atoms with Gasteiger partial charge in [0.15, 0.2) is 0 Å². The number of piperidine rings is 2. The Kier molecular flexibility index (Phi) is 6.22. The van der Waals surface area contributed by atoms with E-state index < -0.39 is 0 Å². The molecule has 2 saturated heterocycles. The smallest absolute Gasteiger partial charge is 0.0315 e. The van der Waals surface area contributed by atoms with E-state index in [1.807, 2.05) is 0 Å². The molecule has 0 saturated carbocycles. The van der Waals surface area contributed by atoms with Crippen LogP contribution in [0, 0.1) is 0 Å². The molecule has 0 radical (unpaired) electrons. The molecule has 2 rings (SSSR count). The summed E-state index contributed by atoms with van der Waals surface area (Å²) >= 11 is 0. The minimum Gasteiger partial charge on any atom is -0.378 e. The Labute approximate surface area is 162 Å². The second-order valence-corrected chi connectivity index (χ2v) is 11.4. The molecule has 0 bridgehead atoms. The van der Waals surface area contributed by atoms with Crippen LogP contribution in [-0.4, -0.2) is 52.7 Å². The third kappa shape index (κ3) is 6.54. The predicted octanol–water partition coefficient (Wildman–Crippen LogP) is 3.64. The van der Waals surface area contributed by atoms with Gasteiger partial charge in [0.2, 0.25) is 0 Å². The maximum absolute atomic E-state index is 3.77. The highest BCUT2D eigenvalue weighted by molar-refractivity contribution is 5.03. The zero-order valence-electron chi connectivity index (χ0n) is 18.8. The van der Waals surface area contributed by atoms with Crippen molar-refractivity contribution in [2.75, 3.05) is 13.6 Å². The van der Waals surface area contributed by atoms with Crippen molar-refractivity contribution in [2.45, 2.75) is 115 Å². The Balaban J connectivity index is 1.84. The molecule has 4 heteroatoms. The van der Waals surface area contributed by atoms with Crippen LogP contribution < -0.4 is 16.0 Å². The van der Waals surface area contributed by atoms with Crippen molar-refractivity contribution in [3.63, 3.8) is 0 Å².